The molecule has 0 amide bonds. The van der Waals surface area contributed by atoms with E-state index in [0.717, 1.165) is 29.4 Å². The summed E-state index contributed by atoms with van der Waals surface area (Å²) in [6, 6.07) is 3.69. The standard InChI is InChI=1S/C17H23ClN4O2S/c1-5-8-24-16-13(18)9-12(10-14(16)23-7-3)11-19-22-15(6-2)20-21-17(22)25-4/h9-11H,5-8H2,1-4H3/b19-11-. The molecule has 0 unspecified atom stereocenters. The van der Waals surface area contributed by atoms with Crippen LogP contribution in [0, 0.1) is 0 Å². The van der Waals surface area contributed by atoms with Crippen LogP contribution in [-0.2, 0) is 6.42 Å². The molecule has 0 spiro atoms. The number of rotatable bonds is 9. The minimum Gasteiger partial charge on any atom is -0.490 e. The molecule has 0 atom stereocenters. The van der Waals surface area contributed by atoms with Gasteiger partial charge in [-0.25, -0.2) is 0 Å². The van der Waals surface area contributed by atoms with Crippen LogP contribution in [0.3, 0.4) is 0 Å². The number of aromatic nitrogens is 3. The number of aryl methyl sites for hydroxylation is 1. The number of thioether (sulfide) groups is 1. The zero-order chi connectivity index (χ0) is 18.2. The first kappa shape index (κ1) is 19.6. The molecule has 0 saturated heterocycles. The molecule has 0 aliphatic carbocycles. The Bertz CT molecular complexity index is 712. The van der Waals surface area contributed by atoms with Crippen LogP contribution in [-0.4, -0.2) is 40.6 Å². The van der Waals surface area contributed by atoms with Crippen molar-refractivity contribution in [2.24, 2.45) is 5.10 Å². The Hall–Kier alpha value is -1.73. The zero-order valence-corrected chi connectivity index (χ0v) is 16.5. The van der Waals surface area contributed by atoms with E-state index in [0.29, 0.717) is 29.7 Å². The molecule has 136 valence electrons. The summed E-state index contributed by atoms with van der Waals surface area (Å²) in [4.78, 5) is 0. The lowest BCUT2D eigenvalue weighted by Gasteiger charge is -2.13. The molecule has 0 N–H and O–H groups in total. The maximum atomic E-state index is 6.38. The van der Waals surface area contributed by atoms with E-state index in [1.165, 1.54) is 11.8 Å². The van der Waals surface area contributed by atoms with Gasteiger partial charge in [0.2, 0.25) is 5.16 Å². The number of hydrogen-bond acceptors (Lipinski definition) is 6. The van der Waals surface area contributed by atoms with Crippen LogP contribution >= 0.6 is 23.4 Å². The molecule has 1 aromatic carbocycles. The molecule has 2 aromatic rings. The molecule has 0 radical (unpaired) electrons. The average molecular weight is 383 g/mol. The summed E-state index contributed by atoms with van der Waals surface area (Å²) in [6.07, 6.45) is 5.31. The summed E-state index contributed by atoms with van der Waals surface area (Å²) in [5.41, 5.74) is 0.820. The van der Waals surface area contributed by atoms with Crippen molar-refractivity contribution in [2.75, 3.05) is 19.5 Å². The predicted octanol–water partition coefficient (Wildman–Crippen LogP) is 4.29. The summed E-state index contributed by atoms with van der Waals surface area (Å²) in [5, 5.41) is 14.0. The predicted molar refractivity (Wildman–Crippen MR) is 103 cm³/mol. The van der Waals surface area contributed by atoms with Crippen LogP contribution in [0.5, 0.6) is 11.5 Å². The Balaban J connectivity index is 2.35. The number of ether oxygens (including phenoxy) is 2. The van der Waals surface area contributed by atoms with E-state index in [4.69, 9.17) is 21.1 Å². The van der Waals surface area contributed by atoms with Gasteiger partial charge in [0, 0.05) is 6.42 Å². The van der Waals surface area contributed by atoms with Gasteiger partial charge in [0.1, 0.15) is 0 Å². The molecular weight excluding hydrogens is 360 g/mol. The molecule has 1 aromatic heterocycles. The maximum absolute atomic E-state index is 6.38. The number of halogens is 1. The quantitative estimate of drug-likeness (QED) is 0.478. The molecule has 0 fully saturated rings. The van der Waals surface area contributed by atoms with Gasteiger partial charge >= 0.3 is 0 Å². The van der Waals surface area contributed by atoms with E-state index in [1.54, 1.807) is 10.9 Å². The Labute approximate surface area is 157 Å². The van der Waals surface area contributed by atoms with E-state index in [1.807, 2.05) is 39.2 Å². The molecule has 0 aliphatic heterocycles. The number of hydrogen-bond donors (Lipinski definition) is 0. The highest BCUT2D eigenvalue weighted by molar-refractivity contribution is 7.98. The van der Waals surface area contributed by atoms with Gasteiger partial charge in [-0.05, 0) is 37.3 Å². The van der Waals surface area contributed by atoms with Crippen LogP contribution in [0.1, 0.15) is 38.6 Å². The summed E-state index contributed by atoms with van der Waals surface area (Å²) in [6.45, 7) is 7.10. The molecule has 0 aliphatic rings. The van der Waals surface area contributed by atoms with Gasteiger partial charge in [-0.3, -0.25) is 0 Å². The second-order valence-electron chi connectivity index (χ2n) is 5.12. The largest absolute Gasteiger partial charge is 0.490 e. The van der Waals surface area contributed by atoms with E-state index < -0.39 is 0 Å². The highest BCUT2D eigenvalue weighted by Crippen LogP contribution is 2.36. The number of nitrogens with zero attached hydrogens (tertiary/aromatic N) is 4. The third-order valence-electron chi connectivity index (χ3n) is 3.28. The lowest BCUT2D eigenvalue weighted by Crippen LogP contribution is -2.02. The van der Waals surface area contributed by atoms with Gasteiger partial charge in [0.15, 0.2) is 17.3 Å². The first-order valence-corrected chi connectivity index (χ1v) is 9.86. The summed E-state index contributed by atoms with van der Waals surface area (Å²) in [5.74, 6) is 2.00. The van der Waals surface area contributed by atoms with Crippen LogP contribution in [0.2, 0.25) is 5.02 Å². The highest BCUT2D eigenvalue weighted by Gasteiger charge is 2.13. The van der Waals surface area contributed by atoms with Gasteiger partial charge in [0.05, 0.1) is 24.5 Å². The van der Waals surface area contributed by atoms with E-state index in [-0.39, 0.29) is 0 Å². The minimum atomic E-state index is 0.505. The van der Waals surface area contributed by atoms with Gasteiger partial charge < -0.3 is 9.47 Å². The first-order valence-electron chi connectivity index (χ1n) is 8.26. The molecule has 2 rings (SSSR count). The summed E-state index contributed by atoms with van der Waals surface area (Å²) < 4.78 is 13.1. The van der Waals surface area contributed by atoms with Crippen molar-refractivity contribution in [1.29, 1.82) is 0 Å². The fourth-order valence-electron chi connectivity index (χ4n) is 2.15. The maximum Gasteiger partial charge on any atom is 0.211 e. The third kappa shape index (κ3) is 4.89. The highest BCUT2D eigenvalue weighted by atomic mass is 35.5. The fourth-order valence-corrected chi connectivity index (χ4v) is 2.88. The molecule has 8 heteroatoms. The SMILES string of the molecule is CCCOc1c(Cl)cc(/C=N\n2c(CC)nnc2SC)cc1OCC. The van der Waals surface area contributed by atoms with Crippen molar-refractivity contribution in [2.45, 2.75) is 38.8 Å². The number of benzene rings is 1. The van der Waals surface area contributed by atoms with E-state index in [2.05, 4.69) is 15.3 Å². The van der Waals surface area contributed by atoms with Gasteiger partial charge in [-0.2, -0.15) is 9.78 Å². The monoisotopic (exact) mass is 382 g/mol. The Morgan fingerprint density at radius 3 is 2.68 bits per heavy atom. The molecule has 0 saturated carbocycles. The zero-order valence-electron chi connectivity index (χ0n) is 15.0. The second kappa shape index (κ2) is 9.68. The van der Waals surface area contributed by atoms with Crippen molar-refractivity contribution >= 4 is 29.6 Å². The Morgan fingerprint density at radius 2 is 2.04 bits per heavy atom. The third-order valence-corrected chi connectivity index (χ3v) is 4.18. The first-order chi connectivity index (χ1) is 12.1. The molecule has 0 bridgehead atoms. The lowest BCUT2D eigenvalue weighted by molar-refractivity contribution is 0.277. The normalized spacial score (nSPS) is 11.2. The van der Waals surface area contributed by atoms with Crippen molar-refractivity contribution in [1.82, 2.24) is 14.9 Å². The van der Waals surface area contributed by atoms with Crippen LogP contribution in [0.25, 0.3) is 0 Å². The van der Waals surface area contributed by atoms with Crippen LogP contribution in [0.4, 0.5) is 0 Å². The van der Waals surface area contributed by atoms with Crippen molar-refractivity contribution in [3.63, 3.8) is 0 Å². The van der Waals surface area contributed by atoms with Crippen LogP contribution < -0.4 is 9.47 Å². The summed E-state index contributed by atoms with van der Waals surface area (Å²) >= 11 is 7.88. The molecule has 6 nitrogen and oxygen atoms in total. The topological polar surface area (TPSA) is 61.5 Å². The van der Waals surface area contributed by atoms with Gasteiger partial charge in [-0.15, -0.1) is 10.2 Å². The molecular formula is C17H23ClN4O2S. The molecule has 25 heavy (non-hydrogen) atoms. The van der Waals surface area contributed by atoms with E-state index >= 15 is 0 Å². The minimum absolute atomic E-state index is 0.505. The van der Waals surface area contributed by atoms with Crippen molar-refractivity contribution < 1.29 is 9.47 Å². The molecule has 1 heterocycles. The van der Waals surface area contributed by atoms with Gasteiger partial charge in [-0.1, -0.05) is 37.2 Å². The van der Waals surface area contributed by atoms with Crippen molar-refractivity contribution in [3.05, 3.63) is 28.5 Å². The Kier molecular flexibility index (Phi) is 7.58. The van der Waals surface area contributed by atoms with Gasteiger partial charge in [0.25, 0.3) is 0 Å². The van der Waals surface area contributed by atoms with Crippen molar-refractivity contribution in [3.8, 4) is 11.5 Å². The lowest BCUT2D eigenvalue weighted by atomic mass is 10.2. The fraction of sp³-hybridized carbons (Fsp3) is 0.471. The Morgan fingerprint density at radius 1 is 1.24 bits per heavy atom. The average Bonchev–Trinajstić information content (AvgIpc) is 3.01. The van der Waals surface area contributed by atoms with Crippen LogP contribution in [0.15, 0.2) is 22.4 Å². The second-order valence-corrected chi connectivity index (χ2v) is 6.30. The van der Waals surface area contributed by atoms with E-state index in [9.17, 15) is 0 Å². The smallest absolute Gasteiger partial charge is 0.211 e. The summed E-state index contributed by atoms with van der Waals surface area (Å²) in [7, 11) is 0.